The van der Waals surface area contributed by atoms with Crippen molar-refractivity contribution in [3.05, 3.63) is 12.3 Å². The lowest BCUT2D eigenvalue weighted by atomic mass is 10.2. The number of hydrogen-bond donors (Lipinski definition) is 2. The molecular weight excluding hydrogens is 200 g/mol. The van der Waals surface area contributed by atoms with Crippen molar-refractivity contribution in [2.75, 3.05) is 0 Å². The van der Waals surface area contributed by atoms with E-state index in [0.717, 1.165) is 0 Å². The van der Waals surface area contributed by atoms with Gasteiger partial charge in [0.05, 0.1) is 0 Å². The van der Waals surface area contributed by atoms with E-state index >= 15 is 0 Å². The van der Waals surface area contributed by atoms with Gasteiger partial charge in [-0.05, 0) is 26.8 Å². The van der Waals surface area contributed by atoms with Crippen molar-refractivity contribution in [2.24, 2.45) is 0 Å². The van der Waals surface area contributed by atoms with Gasteiger partial charge in [0.15, 0.2) is 0 Å². The largest absolute Gasteiger partial charge is 0.444 e. The van der Waals surface area contributed by atoms with Gasteiger partial charge in [-0.2, -0.15) is 5.48 Å². The highest BCUT2D eigenvalue weighted by molar-refractivity contribution is 5.87. The molecular formula is C9H14N2O4. The number of carbonyl (C=O) groups is 2. The molecule has 2 amide bonds. The average Bonchev–Trinajstić information content (AvgIpc) is 2.05. The molecule has 1 aliphatic rings. The standard InChI is InChI=1S/C9H14N2O4/c1-9(2,3)15-8(13)10-6-4-5-14-11-7(6)12/h4-6H,1-3H3,(H,10,13)(H,11,12). The Kier molecular flexibility index (Phi) is 3.18. The normalized spacial score (nSPS) is 20.2. The van der Waals surface area contributed by atoms with Gasteiger partial charge in [0.25, 0.3) is 5.91 Å². The molecule has 0 saturated carbocycles. The Bertz CT molecular complexity index is 293. The van der Waals surface area contributed by atoms with Crippen LogP contribution in [0, 0.1) is 0 Å². The van der Waals surface area contributed by atoms with Gasteiger partial charge in [0.2, 0.25) is 0 Å². The van der Waals surface area contributed by atoms with E-state index in [2.05, 4.69) is 15.6 Å². The van der Waals surface area contributed by atoms with Crippen LogP contribution in [-0.4, -0.2) is 23.6 Å². The number of alkyl carbamates (subject to hydrolysis) is 1. The molecule has 0 aromatic rings. The van der Waals surface area contributed by atoms with Gasteiger partial charge < -0.3 is 14.9 Å². The average molecular weight is 214 g/mol. The molecule has 0 saturated heterocycles. The van der Waals surface area contributed by atoms with Crippen LogP contribution in [0.2, 0.25) is 0 Å². The second-order valence-corrected chi connectivity index (χ2v) is 4.04. The van der Waals surface area contributed by atoms with Crippen LogP contribution in [-0.2, 0) is 14.4 Å². The van der Waals surface area contributed by atoms with Crippen LogP contribution in [0.15, 0.2) is 12.3 Å². The van der Waals surface area contributed by atoms with E-state index in [1.807, 2.05) is 0 Å². The molecule has 1 rings (SSSR count). The van der Waals surface area contributed by atoms with E-state index in [9.17, 15) is 9.59 Å². The minimum Gasteiger partial charge on any atom is -0.444 e. The molecule has 0 spiro atoms. The van der Waals surface area contributed by atoms with Gasteiger partial charge >= 0.3 is 6.09 Å². The minimum absolute atomic E-state index is 0.441. The molecule has 1 aliphatic heterocycles. The molecule has 84 valence electrons. The van der Waals surface area contributed by atoms with Crippen LogP contribution in [0.3, 0.4) is 0 Å². The zero-order chi connectivity index (χ0) is 11.5. The SMILES string of the molecule is CC(C)(C)OC(=O)NC1C=CONC1=O. The Morgan fingerprint density at radius 3 is 2.80 bits per heavy atom. The Morgan fingerprint density at radius 2 is 2.27 bits per heavy atom. The van der Waals surface area contributed by atoms with Crippen LogP contribution in [0.25, 0.3) is 0 Å². The van der Waals surface area contributed by atoms with E-state index in [4.69, 9.17) is 4.74 Å². The van der Waals surface area contributed by atoms with Gasteiger partial charge in [0, 0.05) is 0 Å². The zero-order valence-electron chi connectivity index (χ0n) is 8.87. The number of rotatable bonds is 1. The van der Waals surface area contributed by atoms with Crippen LogP contribution in [0.1, 0.15) is 20.8 Å². The summed E-state index contributed by atoms with van der Waals surface area (Å²) in [4.78, 5) is 26.9. The Balaban J connectivity index is 2.47. The summed E-state index contributed by atoms with van der Waals surface area (Å²) in [5, 5.41) is 2.39. The number of hydrogen-bond acceptors (Lipinski definition) is 4. The van der Waals surface area contributed by atoms with Crippen molar-refractivity contribution in [2.45, 2.75) is 32.4 Å². The fourth-order valence-corrected chi connectivity index (χ4v) is 0.909. The van der Waals surface area contributed by atoms with Gasteiger partial charge in [-0.15, -0.1) is 0 Å². The van der Waals surface area contributed by atoms with Gasteiger partial charge in [-0.3, -0.25) is 4.79 Å². The molecule has 1 atom stereocenters. The monoisotopic (exact) mass is 214 g/mol. The summed E-state index contributed by atoms with van der Waals surface area (Å²) in [5.74, 6) is -0.441. The minimum atomic E-state index is -0.756. The third kappa shape index (κ3) is 3.88. The van der Waals surface area contributed by atoms with Gasteiger partial charge in [-0.1, -0.05) is 0 Å². The first-order valence-electron chi connectivity index (χ1n) is 4.50. The molecule has 0 aliphatic carbocycles. The molecule has 0 bridgehead atoms. The Hall–Kier alpha value is -1.72. The molecule has 6 nitrogen and oxygen atoms in total. The molecule has 0 radical (unpaired) electrons. The third-order valence-corrected chi connectivity index (χ3v) is 1.45. The smallest absolute Gasteiger partial charge is 0.408 e. The quantitative estimate of drug-likeness (QED) is 0.664. The van der Waals surface area contributed by atoms with Crippen molar-refractivity contribution in [3.8, 4) is 0 Å². The van der Waals surface area contributed by atoms with Crippen molar-refractivity contribution < 1.29 is 19.2 Å². The first-order chi connectivity index (χ1) is 6.88. The van der Waals surface area contributed by atoms with E-state index in [1.54, 1.807) is 20.8 Å². The number of carbonyl (C=O) groups excluding carboxylic acids is 2. The molecule has 1 heterocycles. The van der Waals surface area contributed by atoms with Crippen molar-refractivity contribution in [1.29, 1.82) is 0 Å². The first-order valence-corrected chi connectivity index (χ1v) is 4.50. The van der Waals surface area contributed by atoms with E-state index in [0.29, 0.717) is 0 Å². The topological polar surface area (TPSA) is 76.7 Å². The van der Waals surface area contributed by atoms with Crippen molar-refractivity contribution >= 4 is 12.0 Å². The molecule has 15 heavy (non-hydrogen) atoms. The molecule has 0 fully saturated rings. The number of hydroxylamine groups is 1. The predicted molar refractivity (Wildman–Crippen MR) is 51.5 cm³/mol. The molecule has 2 N–H and O–H groups in total. The van der Waals surface area contributed by atoms with Crippen molar-refractivity contribution in [3.63, 3.8) is 0 Å². The van der Waals surface area contributed by atoms with E-state index < -0.39 is 23.6 Å². The highest BCUT2D eigenvalue weighted by atomic mass is 16.6. The maximum absolute atomic E-state index is 11.3. The van der Waals surface area contributed by atoms with Crippen LogP contribution < -0.4 is 10.8 Å². The van der Waals surface area contributed by atoms with E-state index in [-0.39, 0.29) is 0 Å². The summed E-state index contributed by atoms with van der Waals surface area (Å²) < 4.78 is 4.98. The molecule has 0 aromatic heterocycles. The third-order valence-electron chi connectivity index (χ3n) is 1.45. The lowest BCUT2D eigenvalue weighted by Gasteiger charge is -2.22. The maximum atomic E-state index is 11.3. The summed E-state index contributed by atoms with van der Waals surface area (Å²) in [6.45, 7) is 5.23. The van der Waals surface area contributed by atoms with Gasteiger partial charge in [0.1, 0.15) is 17.9 Å². The fraction of sp³-hybridized carbons (Fsp3) is 0.556. The predicted octanol–water partition coefficient (Wildman–Crippen LogP) is 0.455. The number of ether oxygens (including phenoxy) is 1. The van der Waals surface area contributed by atoms with E-state index in [1.165, 1.54) is 12.3 Å². The highest BCUT2D eigenvalue weighted by Gasteiger charge is 2.24. The number of amides is 2. The first kappa shape index (κ1) is 11.4. The highest BCUT2D eigenvalue weighted by Crippen LogP contribution is 2.07. The van der Waals surface area contributed by atoms with Crippen LogP contribution in [0.5, 0.6) is 0 Å². The van der Waals surface area contributed by atoms with Gasteiger partial charge in [-0.25, -0.2) is 4.79 Å². The van der Waals surface area contributed by atoms with Crippen molar-refractivity contribution in [1.82, 2.24) is 10.8 Å². The van der Waals surface area contributed by atoms with Crippen LogP contribution >= 0.6 is 0 Å². The fourth-order valence-electron chi connectivity index (χ4n) is 0.909. The zero-order valence-corrected chi connectivity index (χ0v) is 8.87. The molecule has 1 unspecified atom stereocenters. The summed E-state index contributed by atoms with van der Waals surface area (Å²) in [6, 6.07) is -0.756. The summed E-state index contributed by atoms with van der Waals surface area (Å²) in [6.07, 6.45) is 2.06. The Morgan fingerprint density at radius 1 is 1.60 bits per heavy atom. The lowest BCUT2D eigenvalue weighted by molar-refractivity contribution is -0.132. The Labute approximate surface area is 87.6 Å². The number of nitrogens with one attached hydrogen (secondary N) is 2. The van der Waals surface area contributed by atoms with Crippen LogP contribution in [0.4, 0.5) is 4.79 Å². The second-order valence-electron chi connectivity index (χ2n) is 4.04. The molecule has 6 heteroatoms. The summed E-state index contributed by atoms with van der Waals surface area (Å²) in [5.41, 5.74) is 1.52. The summed E-state index contributed by atoms with van der Waals surface area (Å²) in [7, 11) is 0. The molecule has 0 aromatic carbocycles. The second kappa shape index (κ2) is 4.20. The summed E-state index contributed by atoms with van der Waals surface area (Å²) >= 11 is 0. The maximum Gasteiger partial charge on any atom is 0.408 e. The lowest BCUT2D eigenvalue weighted by Crippen LogP contribution is -2.48.